The second-order valence-electron chi connectivity index (χ2n) is 1.64. The Morgan fingerprint density at radius 1 is 1.88 bits per heavy atom. The van der Waals surface area contributed by atoms with E-state index in [4.69, 9.17) is 5.11 Å². The van der Waals surface area contributed by atoms with Gasteiger partial charge in [-0.05, 0) is 6.92 Å². The second kappa shape index (κ2) is 4.59. The van der Waals surface area contributed by atoms with Crippen molar-refractivity contribution in [3.63, 3.8) is 0 Å². The van der Waals surface area contributed by atoms with Crippen LogP contribution >= 0.6 is 0 Å². The first kappa shape index (κ1) is 7.43. The lowest BCUT2D eigenvalue weighted by Crippen LogP contribution is -2.27. The minimum Gasteiger partial charge on any atom is -0.394 e. The molecule has 48 valence electrons. The lowest BCUT2D eigenvalue weighted by atomic mass is 10.4. The topological polar surface area (TPSA) is 44.6 Å². The summed E-state index contributed by atoms with van der Waals surface area (Å²) in [5.74, 6) is 0. The van der Waals surface area contributed by atoms with Gasteiger partial charge in [0.15, 0.2) is 0 Å². The number of aliphatic hydroxyl groups is 1. The average molecular weight is 116 g/mol. The summed E-state index contributed by atoms with van der Waals surface area (Å²) in [4.78, 5) is 3.68. The summed E-state index contributed by atoms with van der Waals surface area (Å²) < 4.78 is 0. The fraction of sp³-hybridized carbons (Fsp3) is 0.800. The maximum atomic E-state index is 8.44. The van der Waals surface area contributed by atoms with E-state index in [0.717, 1.165) is 0 Å². The maximum Gasteiger partial charge on any atom is 0.0823 e. The van der Waals surface area contributed by atoms with Gasteiger partial charge in [0.05, 0.1) is 12.9 Å². The van der Waals surface area contributed by atoms with Crippen LogP contribution in [0.5, 0.6) is 0 Å². The van der Waals surface area contributed by atoms with E-state index >= 15 is 0 Å². The zero-order valence-electron chi connectivity index (χ0n) is 5.26. The van der Waals surface area contributed by atoms with Crippen molar-refractivity contribution < 1.29 is 5.11 Å². The van der Waals surface area contributed by atoms with Crippen molar-refractivity contribution >= 4 is 6.34 Å². The highest BCUT2D eigenvalue weighted by Crippen LogP contribution is 1.71. The van der Waals surface area contributed by atoms with Crippen LogP contribution in [0.3, 0.4) is 0 Å². The fourth-order valence-electron chi connectivity index (χ4n) is 0.254. The molecule has 1 atom stereocenters. The van der Waals surface area contributed by atoms with Crippen LogP contribution in [0, 0.1) is 0 Å². The molecule has 3 heteroatoms. The molecule has 0 aliphatic heterocycles. The summed E-state index contributed by atoms with van der Waals surface area (Å²) in [6.45, 7) is 2.02. The second-order valence-corrected chi connectivity index (χ2v) is 1.64. The van der Waals surface area contributed by atoms with Gasteiger partial charge in [0.1, 0.15) is 0 Å². The van der Waals surface area contributed by atoms with Crippen molar-refractivity contribution in [2.45, 2.75) is 13.0 Å². The minimum absolute atomic E-state index is 0.110. The number of aliphatic hydroxyl groups excluding tert-OH is 1. The molecule has 1 unspecified atom stereocenters. The SMILES string of the molecule is CN=CNC(C)CO. The molecule has 0 saturated carbocycles. The molecule has 3 nitrogen and oxygen atoms in total. The summed E-state index contributed by atoms with van der Waals surface area (Å²) in [5, 5.41) is 11.3. The molecule has 0 rings (SSSR count). The number of rotatable bonds is 3. The third-order valence-corrected chi connectivity index (χ3v) is 0.762. The minimum atomic E-state index is 0.110. The Bertz CT molecular complexity index is 72.8. The summed E-state index contributed by atoms with van der Waals surface area (Å²) >= 11 is 0. The Hall–Kier alpha value is -0.570. The first-order chi connectivity index (χ1) is 3.81. The lowest BCUT2D eigenvalue weighted by molar-refractivity contribution is 0.265. The molecule has 0 saturated heterocycles. The van der Waals surface area contributed by atoms with Gasteiger partial charge in [0.2, 0.25) is 0 Å². The molecule has 8 heavy (non-hydrogen) atoms. The van der Waals surface area contributed by atoms with Gasteiger partial charge in [-0.3, -0.25) is 4.99 Å². The van der Waals surface area contributed by atoms with E-state index in [0.29, 0.717) is 0 Å². The number of nitrogens with one attached hydrogen (secondary N) is 1. The Balaban J connectivity index is 3.10. The molecule has 0 aromatic rings. The summed E-state index contributed by atoms with van der Waals surface area (Å²) in [6, 6.07) is 0.110. The molecule has 0 aromatic heterocycles. The van der Waals surface area contributed by atoms with Crippen LogP contribution in [-0.4, -0.2) is 31.1 Å². The number of hydrogen-bond donors (Lipinski definition) is 2. The van der Waals surface area contributed by atoms with Crippen LogP contribution in [0.25, 0.3) is 0 Å². The molecule has 0 amide bonds. The predicted octanol–water partition coefficient (Wildman–Crippen LogP) is -0.385. The van der Waals surface area contributed by atoms with E-state index < -0.39 is 0 Å². The van der Waals surface area contributed by atoms with Crippen molar-refractivity contribution in [1.29, 1.82) is 0 Å². The third kappa shape index (κ3) is 3.61. The molecule has 0 aromatic carbocycles. The molecule has 0 radical (unpaired) electrons. The van der Waals surface area contributed by atoms with Gasteiger partial charge in [-0.25, -0.2) is 0 Å². The van der Waals surface area contributed by atoms with Crippen molar-refractivity contribution in [2.75, 3.05) is 13.7 Å². The Morgan fingerprint density at radius 2 is 2.50 bits per heavy atom. The molecule has 0 bridgehead atoms. The molecular weight excluding hydrogens is 104 g/mol. The van der Waals surface area contributed by atoms with E-state index in [1.807, 2.05) is 6.92 Å². The smallest absolute Gasteiger partial charge is 0.0823 e. The quantitative estimate of drug-likeness (QED) is 0.390. The van der Waals surface area contributed by atoms with E-state index in [9.17, 15) is 0 Å². The van der Waals surface area contributed by atoms with Gasteiger partial charge >= 0.3 is 0 Å². The molecule has 0 fully saturated rings. The highest BCUT2D eigenvalue weighted by Gasteiger charge is 1.90. The van der Waals surface area contributed by atoms with E-state index in [1.54, 1.807) is 13.4 Å². The van der Waals surface area contributed by atoms with Gasteiger partial charge in [-0.1, -0.05) is 0 Å². The van der Waals surface area contributed by atoms with Crippen molar-refractivity contribution in [3.05, 3.63) is 0 Å². The summed E-state index contributed by atoms with van der Waals surface area (Å²) in [7, 11) is 1.68. The zero-order chi connectivity index (χ0) is 6.41. The van der Waals surface area contributed by atoms with Gasteiger partial charge in [-0.15, -0.1) is 0 Å². The Morgan fingerprint density at radius 3 is 2.88 bits per heavy atom. The number of nitrogens with zero attached hydrogens (tertiary/aromatic N) is 1. The summed E-state index contributed by atoms with van der Waals surface area (Å²) in [5.41, 5.74) is 0. The van der Waals surface area contributed by atoms with Crippen LogP contribution in [0.15, 0.2) is 4.99 Å². The highest BCUT2D eigenvalue weighted by molar-refractivity contribution is 5.54. The zero-order valence-corrected chi connectivity index (χ0v) is 5.26. The Labute approximate surface area is 49.4 Å². The highest BCUT2D eigenvalue weighted by atomic mass is 16.3. The van der Waals surface area contributed by atoms with Gasteiger partial charge in [0, 0.05) is 13.1 Å². The summed E-state index contributed by atoms with van der Waals surface area (Å²) in [6.07, 6.45) is 1.57. The molecule has 2 N–H and O–H groups in total. The van der Waals surface area contributed by atoms with Crippen molar-refractivity contribution in [1.82, 2.24) is 5.32 Å². The standard InChI is InChI=1S/C5H12N2O/c1-5(3-8)7-4-6-2/h4-5,8H,3H2,1-2H3,(H,6,7). The fourth-order valence-corrected chi connectivity index (χ4v) is 0.254. The molecule has 0 aliphatic carbocycles. The normalized spacial score (nSPS) is 14.4. The van der Waals surface area contributed by atoms with Crippen LogP contribution in [0.1, 0.15) is 6.92 Å². The van der Waals surface area contributed by atoms with Crippen LogP contribution < -0.4 is 5.32 Å². The lowest BCUT2D eigenvalue weighted by Gasteiger charge is -2.04. The Kier molecular flexibility index (Phi) is 4.26. The molecule has 0 aliphatic rings. The van der Waals surface area contributed by atoms with Gasteiger partial charge in [0.25, 0.3) is 0 Å². The van der Waals surface area contributed by atoms with E-state index in [-0.39, 0.29) is 12.6 Å². The van der Waals surface area contributed by atoms with Crippen LogP contribution in [-0.2, 0) is 0 Å². The van der Waals surface area contributed by atoms with E-state index in [1.165, 1.54) is 0 Å². The van der Waals surface area contributed by atoms with Crippen molar-refractivity contribution in [2.24, 2.45) is 4.99 Å². The number of hydrogen-bond acceptors (Lipinski definition) is 2. The molecular formula is C5H12N2O. The third-order valence-electron chi connectivity index (χ3n) is 0.762. The van der Waals surface area contributed by atoms with Crippen LogP contribution in [0.2, 0.25) is 0 Å². The maximum absolute atomic E-state index is 8.44. The monoisotopic (exact) mass is 116 g/mol. The average Bonchev–Trinajstić information content (AvgIpc) is 1.83. The molecule has 0 heterocycles. The first-order valence-electron chi connectivity index (χ1n) is 2.58. The van der Waals surface area contributed by atoms with E-state index in [2.05, 4.69) is 10.3 Å². The molecule has 0 spiro atoms. The first-order valence-corrected chi connectivity index (χ1v) is 2.58. The predicted molar refractivity (Wildman–Crippen MR) is 34.1 cm³/mol. The van der Waals surface area contributed by atoms with Gasteiger partial charge in [-0.2, -0.15) is 0 Å². The van der Waals surface area contributed by atoms with Gasteiger partial charge < -0.3 is 10.4 Å². The van der Waals surface area contributed by atoms with Crippen LogP contribution in [0.4, 0.5) is 0 Å². The number of aliphatic imine (C=N–C) groups is 1. The van der Waals surface area contributed by atoms with Crippen molar-refractivity contribution in [3.8, 4) is 0 Å². The largest absolute Gasteiger partial charge is 0.394 e.